The van der Waals surface area contributed by atoms with Gasteiger partial charge < -0.3 is 24.6 Å². The van der Waals surface area contributed by atoms with Gasteiger partial charge in [0.25, 0.3) is 18.2 Å². The molecule has 40 heavy (non-hydrogen) atoms. The van der Waals surface area contributed by atoms with E-state index in [1.54, 1.807) is 0 Å². The Kier molecular flexibility index (Phi) is 6.97. The molecule has 0 aliphatic carbocycles. The van der Waals surface area contributed by atoms with Crippen molar-refractivity contribution in [2.75, 3.05) is 5.32 Å². The third-order valence-corrected chi connectivity index (χ3v) is 6.57. The highest BCUT2D eigenvalue weighted by Crippen LogP contribution is 2.42. The second-order valence-corrected chi connectivity index (χ2v) is 9.03. The molecule has 5 rings (SSSR count). The van der Waals surface area contributed by atoms with Crippen molar-refractivity contribution in [1.82, 2.24) is 4.98 Å². The Hall–Kier alpha value is -4.79. The molecule has 0 atom stereocenters. The first kappa shape index (κ1) is 26.8. The number of nitrogens with one attached hydrogen (secondary N) is 1. The van der Waals surface area contributed by atoms with Crippen molar-refractivity contribution in [1.29, 1.82) is 0 Å². The number of halogens is 6. The van der Waals surface area contributed by atoms with Crippen LogP contribution in [0.5, 0.6) is 5.75 Å². The van der Waals surface area contributed by atoms with E-state index < -0.39 is 59.6 Å². The fourth-order valence-electron chi connectivity index (χ4n) is 3.72. The highest BCUT2D eigenvalue weighted by atomic mass is 32.1. The second kappa shape index (κ2) is 10.4. The molecule has 0 fully saturated rings. The van der Waals surface area contributed by atoms with Gasteiger partial charge in [-0.2, -0.15) is 8.78 Å². The lowest BCUT2D eigenvalue weighted by atomic mass is 10.1. The fraction of sp³-hybridized carbons (Fsp3) is 0.0800. The maximum atomic E-state index is 13.8. The Bertz CT molecular complexity index is 1740. The van der Waals surface area contributed by atoms with Gasteiger partial charge in [0.15, 0.2) is 23.1 Å². The number of pyridine rings is 1. The molecule has 0 aliphatic heterocycles. The first-order chi connectivity index (χ1) is 19.0. The molecule has 8 nitrogen and oxygen atoms in total. The summed E-state index contributed by atoms with van der Waals surface area (Å²) in [7, 11) is 0. The van der Waals surface area contributed by atoms with E-state index in [-0.39, 0.29) is 49.7 Å². The van der Waals surface area contributed by atoms with Gasteiger partial charge in [0.1, 0.15) is 33.5 Å². The van der Waals surface area contributed by atoms with E-state index in [2.05, 4.69) is 10.3 Å². The summed E-state index contributed by atoms with van der Waals surface area (Å²) in [5, 5.41) is 2.55. The molecular weight excluding hydrogens is 568 g/mol. The number of amides is 2. The highest BCUT2D eigenvalue weighted by molar-refractivity contribution is 7.21. The molecule has 5 aromatic rings. The lowest BCUT2D eigenvalue weighted by molar-refractivity contribution is 0.0992. The lowest BCUT2D eigenvalue weighted by Gasteiger charge is -2.09. The number of thiophene rings is 1. The Morgan fingerprint density at radius 2 is 1.80 bits per heavy atom. The number of hydrogen-bond acceptors (Lipinski definition) is 7. The van der Waals surface area contributed by atoms with E-state index in [4.69, 9.17) is 19.3 Å². The number of hydrogen-bond donors (Lipinski definition) is 2. The number of nitrogens with two attached hydrogens (primary N) is 1. The maximum Gasteiger partial charge on any atom is 0.291 e. The summed E-state index contributed by atoms with van der Waals surface area (Å²) >= 11 is 0.670. The first-order valence-corrected chi connectivity index (χ1v) is 11.8. The first-order valence-electron chi connectivity index (χ1n) is 11.0. The number of primary amides is 1. The molecule has 0 saturated heterocycles. The van der Waals surface area contributed by atoms with Crippen LogP contribution in [-0.4, -0.2) is 16.8 Å². The normalized spacial score (nSPS) is 11.4. The third kappa shape index (κ3) is 4.86. The Morgan fingerprint density at radius 1 is 1.07 bits per heavy atom. The van der Waals surface area contributed by atoms with Crippen LogP contribution < -0.4 is 15.8 Å². The van der Waals surface area contributed by atoms with Crippen molar-refractivity contribution in [3.8, 4) is 17.1 Å². The maximum absolute atomic E-state index is 13.8. The fourth-order valence-corrected chi connectivity index (χ4v) is 4.74. The molecule has 3 N–H and O–H groups in total. The number of anilines is 1. The number of benzene rings is 1. The monoisotopic (exact) mass is 581 g/mol. The molecule has 4 heterocycles. The number of carbonyl (C=O) groups excluding carboxylic acids is 2. The average Bonchev–Trinajstić information content (AvgIpc) is 3.67. The third-order valence-electron chi connectivity index (χ3n) is 5.47. The Morgan fingerprint density at radius 3 is 2.42 bits per heavy atom. The Labute approximate surface area is 223 Å². The molecule has 206 valence electrons. The van der Waals surface area contributed by atoms with Crippen LogP contribution in [0.3, 0.4) is 0 Å². The molecule has 1 aromatic carbocycles. The molecule has 4 aromatic heterocycles. The zero-order valence-corrected chi connectivity index (χ0v) is 20.4. The number of ether oxygens (including phenoxy) is 1. The van der Waals surface area contributed by atoms with Crippen molar-refractivity contribution >= 4 is 39.1 Å². The van der Waals surface area contributed by atoms with Crippen LogP contribution in [-0.2, 0) is 6.61 Å². The van der Waals surface area contributed by atoms with E-state index in [9.17, 15) is 35.9 Å². The van der Waals surface area contributed by atoms with Gasteiger partial charge in [-0.1, -0.05) is 0 Å². The topological polar surface area (TPSA) is 121 Å². The standard InChI is InChI=1S/C25H13F6N3O5S/c26-11-7-12(27)18(29)20(17(11)28)38-8-9-3-4-15(39-9)24(36)34-19-16-10(14-2-1-5-37-14)6-13(22(30)31)33-25(16)40-21(19)23(32)35/h1-7,22H,8H2,(H2,32,35)(H,34,36). The van der Waals surface area contributed by atoms with Crippen LogP contribution in [0.1, 0.15) is 38.1 Å². The zero-order valence-electron chi connectivity index (χ0n) is 19.6. The summed E-state index contributed by atoms with van der Waals surface area (Å²) in [6.45, 7) is -0.721. The lowest BCUT2D eigenvalue weighted by Crippen LogP contribution is -2.16. The summed E-state index contributed by atoms with van der Waals surface area (Å²) in [6, 6.07) is 6.38. The van der Waals surface area contributed by atoms with Gasteiger partial charge in [0, 0.05) is 17.0 Å². The van der Waals surface area contributed by atoms with Crippen LogP contribution in [0.4, 0.5) is 32.0 Å². The zero-order chi connectivity index (χ0) is 28.7. The van der Waals surface area contributed by atoms with Crippen LogP contribution >= 0.6 is 11.3 Å². The van der Waals surface area contributed by atoms with Gasteiger partial charge >= 0.3 is 0 Å². The average molecular weight is 581 g/mol. The minimum Gasteiger partial charge on any atom is -0.479 e. The summed E-state index contributed by atoms with van der Waals surface area (Å²) in [5.74, 6) is -10.5. The number of rotatable bonds is 8. The summed E-state index contributed by atoms with van der Waals surface area (Å²) < 4.78 is 97.0. The minimum atomic E-state index is -2.95. The molecule has 2 amide bonds. The molecule has 0 radical (unpaired) electrons. The van der Waals surface area contributed by atoms with E-state index in [0.717, 1.165) is 12.1 Å². The summed E-state index contributed by atoms with van der Waals surface area (Å²) in [5.41, 5.74) is 4.82. The summed E-state index contributed by atoms with van der Waals surface area (Å²) in [4.78, 5) is 28.8. The molecule has 0 bridgehead atoms. The van der Waals surface area contributed by atoms with E-state index in [1.807, 2.05) is 0 Å². The minimum absolute atomic E-state index is 0.0163. The highest BCUT2D eigenvalue weighted by Gasteiger charge is 2.27. The van der Waals surface area contributed by atoms with Gasteiger partial charge in [-0.25, -0.2) is 22.5 Å². The molecule has 0 saturated carbocycles. The number of fused-ring (bicyclic) bond motifs is 1. The van der Waals surface area contributed by atoms with Crippen molar-refractivity contribution in [2.45, 2.75) is 13.0 Å². The molecule has 0 spiro atoms. The molecule has 15 heteroatoms. The van der Waals surface area contributed by atoms with Crippen LogP contribution in [0.25, 0.3) is 21.5 Å². The number of aromatic nitrogens is 1. The summed E-state index contributed by atoms with van der Waals surface area (Å²) in [6.07, 6.45) is -1.66. The van der Waals surface area contributed by atoms with Crippen LogP contribution in [0.15, 0.2) is 51.5 Å². The SMILES string of the molecule is NC(=O)c1sc2nc(C(F)F)cc(-c3ccco3)c2c1NC(=O)c1ccc(COc2c(F)c(F)cc(F)c2F)o1. The van der Waals surface area contributed by atoms with Gasteiger partial charge in [0.2, 0.25) is 11.6 Å². The second-order valence-electron chi connectivity index (χ2n) is 8.03. The van der Waals surface area contributed by atoms with E-state index >= 15 is 0 Å². The van der Waals surface area contributed by atoms with Crippen LogP contribution in [0.2, 0.25) is 0 Å². The smallest absolute Gasteiger partial charge is 0.291 e. The number of alkyl halides is 2. The van der Waals surface area contributed by atoms with Gasteiger partial charge in [-0.15, -0.1) is 11.3 Å². The van der Waals surface area contributed by atoms with Gasteiger partial charge in [-0.05, 0) is 30.3 Å². The molecular formula is C25H13F6N3O5S. The van der Waals surface area contributed by atoms with Crippen molar-refractivity contribution < 1.29 is 49.5 Å². The van der Waals surface area contributed by atoms with Crippen molar-refractivity contribution in [3.05, 3.63) is 88.0 Å². The van der Waals surface area contributed by atoms with Gasteiger partial charge in [-0.3, -0.25) is 9.59 Å². The predicted octanol–water partition coefficient (Wildman–Crippen LogP) is 6.57. The number of nitrogens with zero attached hydrogens (tertiary/aromatic N) is 1. The van der Waals surface area contributed by atoms with Crippen molar-refractivity contribution in [3.63, 3.8) is 0 Å². The van der Waals surface area contributed by atoms with E-state index in [0.29, 0.717) is 11.3 Å². The molecule has 0 unspecified atom stereocenters. The number of furan rings is 2. The van der Waals surface area contributed by atoms with Crippen LogP contribution in [0, 0.1) is 23.3 Å². The largest absolute Gasteiger partial charge is 0.479 e. The van der Waals surface area contributed by atoms with Crippen molar-refractivity contribution in [2.24, 2.45) is 5.73 Å². The van der Waals surface area contributed by atoms with Gasteiger partial charge in [0.05, 0.1) is 12.0 Å². The van der Waals surface area contributed by atoms with E-state index in [1.165, 1.54) is 24.5 Å². The predicted molar refractivity (Wildman–Crippen MR) is 128 cm³/mol. The molecule has 0 aliphatic rings. The Balaban J connectivity index is 1.47. The number of carbonyl (C=O) groups is 2. The quantitative estimate of drug-likeness (QED) is 0.158.